The molecule has 0 spiro atoms. The fourth-order valence-corrected chi connectivity index (χ4v) is 4.24. The Labute approximate surface area is 184 Å². The summed E-state index contributed by atoms with van der Waals surface area (Å²) in [7, 11) is 0. The molecule has 2 heterocycles. The summed E-state index contributed by atoms with van der Waals surface area (Å²) in [5.41, 5.74) is 8.16. The molecule has 30 heavy (non-hydrogen) atoms. The highest BCUT2D eigenvalue weighted by molar-refractivity contribution is 6.35. The lowest BCUT2D eigenvalue weighted by molar-refractivity contribution is -0.125. The topological polar surface area (TPSA) is 90.1 Å². The Kier molecular flexibility index (Phi) is 5.90. The van der Waals surface area contributed by atoms with Crippen LogP contribution in [0.1, 0.15) is 18.4 Å². The average Bonchev–Trinajstić information content (AvgIpc) is 2.74. The van der Waals surface area contributed by atoms with Crippen LogP contribution in [0.2, 0.25) is 10.0 Å². The Hall–Kier alpha value is -2.67. The lowest BCUT2D eigenvalue weighted by Gasteiger charge is -2.36. The van der Waals surface area contributed by atoms with Gasteiger partial charge in [-0.1, -0.05) is 47.5 Å². The van der Waals surface area contributed by atoms with Gasteiger partial charge in [-0.25, -0.2) is 9.97 Å². The normalized spacial score (nSPS) is 15.5. The number of carbonyl (C=O) groups is 1. The predicted molar refractivity (Wildman–Crippen MR) is 119 cm³/mol. The summed E-state index contributed by atoms with van der Waals surface area (Å²) >= 11 is 12.2. The maximum atomic E-state index is 13.4. The highest BCUT2D eigenvalue weighted by atomic mass is 35.5. The summed E-state index contributed by atoms with van der Waals surface area (Å²) < 4.78 is 5.54. The molecule has 1 fully saturated rings. The number of nitrogen functional groups attached to an aromatic ring is 1. The van der Waals surface area contributed by atoms with Gasteiger partial charge in [-0.05, 0) is 42.2 Å². The number of halogens is 2. The van der Waals surface area contributed by atoms with E-state index in [0.29, 0.717) is 41.8 Å². The van der Waals surface area contributed by atoms with E-state index in [-0.39, 0.29) is 11.9 Å². The number of nitrogens with one attached hydrogen (secondary N) is 1. The molecule has 6 nitrogen and oxygen atoms in total. The molecule has 0 aliphatic carbocycles. The van der Waals surface area contributed by atoms with Gasteiger partial charge < -0.3 is 15.8 Å². The SMILES string of the molecule is Nc1ncc(-c2ccc(C3(C(=O)Nc4cc(Cl)cc(Cl)c4)CCOCC3)cc2)cn1. The van der Waals surface area contributed by atoms with E-state index in [1.54, 1.807) is 30.6 Å². The van der Waals surface area contributed by atoms with Crippen LogP contribution >= 0.6 is 23.2 Å². The van der Waals surface area contributed by atoms with Crippen molar-refractivity contribution in [1.29, 1.82) is 0 Å². The molecule has 3 aromatic rings. The van der Waals surface area contributed by atoms with E-state index in [2.05, 4.69) is 15.3 Å². The van der Waals surface area contributed by atoms with Crippen molar-refractivity contribution in [2.24, 2.45) is 0 Å². The van der Waals surface area contributed by atoms with Crippen molar-refractivity contribution in [2.75, 3.05) is 24.3 Å². The number of aromatic nitrogens is 2. The van der Waals surface area contributed by atoms with Crippen LogP contribution in [0.25, 0.3) is 11.1 Å². The van der Waals surface area contributed by atoms with Gasteiger partial charge in [0.1, 0.15) is 0 Å². The monoisotopic (exact) mass is 442 g/mol. The molecule has 0 atom stereocenters. The maximum absolute atomic E-state index is 13.4. The van der Waals surface area contributed by atoms with Crippen molar-refractivity contribution in [2.45, 2.75) is 18.3 Å². The number of nitrogens with two attached hydrogens (primary N) is 1. The third-order valence-corrected chi connectivity index (χ3v) is 5.78. The summed E-state index contributed by atoms with van der Waals surface area (Å²) in [5.74, 6) is 0.127. The Morgan fingerprint density at radius 3 is 2.17 bits per heavy atom. The molecule has 0 radical (unpaired) electrons. The van der Waals surface area contributed by atoms with Crippen LogP contribution in [-0.2, 0) is 14.9 Å². The Morgan fingerprint density at radius 2 is 1.57 bits per heavy atom. The van der Waals surface area contributed by atoms with Crippen LogP contribution in [0.15, 0.2) is 54.9 Å². The molecular weight excluding hydrogens is 423 g/mol. The minimum atomic E-state index is -0.705. The van der Waals surface area contributed by atoms with E-state index < -0.39 is 5.41 Å². The predicted octanol–water partition coefficient (Wildman–Crippen LogP) is 4.72. The van der Waals surface area contributed by atoms with Gasteiger partial charge in [-0.15, -0.1) is 0 Å². The smallest absolute Gasteiger partial charge is 0.235 e. The number of hydrogen-bond donors (Lipinski definition) is 2. The molecule has 0 saturated carbocycles. The lowest BCUT2D eigenvalue weighted by atomic mass is 9.73. The van der Waals surface area contributed by atoms with Crippen LogP contribution < -0.4 is 11.1 Å². The largest absolute Gasteiger partial charge is 0.381 e. The van der Waals surface area contributed by atoms with E-state index in [1.165, 1.54) is 0 Å². The van der Waals surface area contributed by atoms with E-state index >= 15 is 0 Å². The summed E-state index contributed by atoms with van der Waals surface area (Å²) in [5, 5.41) is 3.92. The number of hydrogen-bond acceptors (Lipinski definition) is 5. The van der Waals surface area contributed by atoms with Crippen LogP contribution in [0.5, 0.6) is 0 Å². The van der Waals surface area contributed by atoms with Gasteiger partial charge in [0.05, 0.1) is 5.41 Å². The fraction of sp³-hybridized carbons (Fsp3) is 0.227. The average molecular weight is 443 g/mol. The number of carbonyl (C=O) groups excluding carboxylic acids is 1. The molecule has 3 N–H and O–H groups in total. The quantitative estimate of drug-likeness (QED) is 0.609. The van der Waals surface area contributed by atoms with Crippen molar-refractivity contribution in [3.8, 4) is 11.1 Å². The Bertz CT molecular complexity index is 1030. The van der Waals surface area contributed by atoms with Crippen molar-refractivity contribution in [3.05, 3.63) is 70.5 Å². The highest BCUT2D eigenvalue weighted by Crippen LogP contribution is 2.37. The second kappa shape index (κ2) is 8.60. The second-order valence-electron chi connectivity index (χ2n) is 7.21. The van der Waals surface area contributed by atoms with Gasteiger partial charge in [0, 0.05) is 46.9 Å². The van der Waals surface area contributed by atoms with Gasteiger partial charge in [-0.3, -0.25) is 4.79 Å². The van der Waals surface area contributed by atoms with Gasteiger partial charge in [-0.2, -0.15) is 0 Å². The van der Waals surface area contributed by atoms with Crippen molar-refractivity contribution < 1.29 is 9.53 Å². The molecule has 4 rings (SSSR count). The summed E-state index contributed by atoms with van der Waals surface area (Å²) in [6, 6.07) is 12.9. The second-order valence-corrected chi connectivity index (χ2v) is 8.09. The van der Waals surface area contributed by atoms with Gasteiger partial charge >= 0.3 is 0 Å². The minimum absolute atomic E-state index is 0.104. The number of amides is 1. The number of anilines is 2. The van der Waals surface area contributed by atoms with Crippen molar-refractivity contribution in [3.63, 3.8) is 0 Å². The zero-order valence-electron chi connectivity index (χ0n) is 16.1. The summed E-state index contributed by atoms with van der Waals surface area (Å²) in [6.07, 6.45) is 4.52. The molecule has 0 bridgehead atoms. The third kappa shape index (κ3) is 4.26. The lowest BCUT2D eigenvalue weighted by Crippen LogP contribution is -2.44. The maximum Gasteiger partial charge on any atom is 0.235 e. The molecule has 1 amide bonds. The van der Waals surface area contributed by atoms with Crippen LogP contribution in [0.4, 0.5) is 11.6 Å². The zero-order valence-corrected chi connectivity index (χ0v) is 17.6. The summed E-state index contributed by atoms with van der Waals surface area (Å²) in [4.78, 5) is 21.5. The van der Waals surface area contributed by atoms with E-state index in [1.807, 2.05) is 24.3 Å². The molecular formula is C22H20Cl2N4O2. The Balaban J connectivity index is 1.64. The zero-order chi connectivity index (χ0) is 21.1. The van der Waals surface area contributed by atoms with Crippen molar-refractivity contribution >= 4 is 40.7 Å². The molecule has 1 aromatic heterocycles. The molecule has 2 aromatic carbocycles. The highest BCUT2D eigenvalue weighted by Gasteiger charge is 2.41. The first-order chi connectivity index (χ1) is 14.5. The van der Waals surface area contributed by atoms with Gasteiger partial charge in [0.2, 0.25) is 11.9 Å². The number of ether oxygens (including phenoxy) is 1. The molecule has 1 saturated heterocycles. The molecule has 1 aliphatic heterocycles. The third-order valence-electron chi connectivity index (χ3n) is 5.34. The summed E-state index contributed by atoms with van der Waals surface area (Å²) in [6.45, 7) is 1.02. The molecule has 1 aliphatic rings. The first-order valence-corrected chi connectivity index (χ1v) is 10.3. The van der Waals surface area contributed by atoms with Crippen LogP contribution in [-0.4, -0.2) is 29.1 Å². The first-order valence-electron chi connectivity index (χ1n) is 9.50. The number of nitrogens with zero attached hydrogens (tertiary/aromatic N) is 2. The first kappa shape index (κ1) is 20.6. The minimum Gasteiger partial charge on any atom is -0.381 e. The molecule has 0 unspecified atom stereocenters. The van der Waals surface area contributed by atoms with Gasteiger partial charge in [0.25, 0.3) is 0 Å². The van der Waals surface area contributed by atoms with Crippen LogP contribution in [0, 0.1) is 0 Å². The standard InChI is InChI=1S/C22H20Cl2N4O2/c23-17-9-18(24)11-19(10-17)28-20(29)22(5-7-30-8-6-22)16-3-1-14(2-4-16)15-12-26-21(25)27-13-15/h1-4,9-13H,5-8H2,(H,28,29)(H2,25,26,27). The van der Waals surface area contributed by atoms with E-state index in [4.69, 9.17) is 33.7 Å². The number of benzene rings is 2. The molecule has 154 valence electrons. The van der Waals surface area contributed by atoms with Crippen molar-refractivity contribution in [1.82, 2.24) is 9.97 Å². The molecule has 8 heteroatoms. The fourth-order valence-electron chi connectivity index (χ4n) is 3.71. The van der Waals surface area contributed by atoms with Crippen LogP contribution in [0.3, 0.4) is 0 Å². The number of rotatable bonds is 4. The van der Waals surface area contributed by atoms with E-state index in [9.17, 15) is 4.79 Å². The van der Waals surface area contributed by atoms with E-state index in [0.717, 1.165) is 16.7 Å². The Morgan fingerprint density at radius 1 is 0.967 bits per heavy atom. The van der Waals surface area contributed by atoms with Gasteiger partial charge in [0.15, 0.2) is 0 Å².